The van der Waals surface area contributed by atoms with Crippen molar-refractivity contribution in [3.63, 3.8) is 0 Å². The van der Waals surface area contributed by atoms with Crippen molar-refractivity contribution < 1.29 is 22.3 Å². The Bertz CT molecular complexity index is 1320. The molecule has 1 heterocycles. The lowest BCUT2D eigenvalue weighted by Gasteiger charge is -2.14. The second kappa shape index (κ2) is 8.84. The van der Waals surface area contributed by atoms with Crippen LogP contribution >= 0.6 is 0 Å². The van der Waals surface area contributed by atoms with Gasteiger partial charge in [-0.1, -0.05) is 30.3 Å². The molecule has 0 saturated heterocycles. The van der Waals surface area contributed by atoms with Gasteiger partial charge in [0.05, 0.1) is 12.0 Å². The zero-order valence-corrected chi connectivity index (χ0v) is 18.3. The van der Waals surface area contributed by atoms with Crippen molar-refractivity contribution in [2.75, 3.05) is 7.11 Å². The van der Waals surface area contributed by atoms with Crippen molar-refractivity contribution in [3.8, 4) is 22.6 Å². The van der Waals surface area contributed by atoms with Gasteiger partial charge in [-0.05, 0) is 55.0 Å². The molecule has 4 rings (SSSR count). The third kappa shape index (κ3) is 4.36. The van der Waals surface area contributed by atoms with E-state index in [2.05, 4.69) is 5.10 Å². The average molecular weight is 453 g/mol. The second-order valence-corrected chi connectivity index (χ2v) is 8.86. The van der Waals surface area contributed by atoms with Gasteiger partial charge in [-0.25, -0.2) is 4.39 Å². The fourth-order valence-electron chi connectivity index (χ4n) is 3.21. The molecule has 1 atom stereocenters. The van der Waals surface area contributed by atoms with Gasteiger partial charge in [-0.15, -0.1) is 0 Å². The quantitative estimate of drug-likeness (QED) is 0.391. The summed E-state index contributed by atoms with van der Waals surface area (Å²) in [7, 11) is -2.35. The van der Waals surface area contributed by atoms with Crippen LogP contribution in [0.2, 0.25) is 0 Å². The highest BCUT2D eigenvalue weighted by Crippen LogP contribution is 2.28. The van der Waals surface area contributed by atoms with Crippen molar-refractivity contribution >= 4 is 10.0 Å². The number of methoxy groups -OCH3 is 1. The summed E-state index contributed by atoms with van der Waals surface area (Å²) in [6.07, 6.45) is 0.762. The van der Waals surface area contributed by atoms with Crippen LogP contribution in [0.1, 0.15) is 18.7 Å². The largest absolute Gasteiger partial charge is 0.497 e. The number of halogens is 1. The predicted molar refractivity (Wildman–Crippen MR) is 119 cm³/mol. The molecule has 8 heteroatoms. The van der Waals surface area contributed by atoms with E-state index in [1.165, 1.54) is 31.5 Å². The monoisotopic (exact) mass is 452 g/mol. The predicted octanol–water partition coefficient (Wildman–Crippen LogP) is 5.07. The van der Waals surface area contributed by atoms with Gasteiger partial charge >= 0.3 is 0 Å². The van der Waals surface area contributed by atoms with Gasteiger partial charge in [-0.2, -0.15) is 17.6 Å². The minimum Gasteiger partial charge on any atom is -0.497 e. The molecule has 0 unspecified atom stereocenters. The molecule has 3 aromatic carbocycles. The number of rotatable bonds is 7. The first kappa shape index (κ1) is 21.6. The Labute approximate surface area is 185 Å². The van der Waals surface area contributed by atoms with Gasteiger partial charge in [0.1, 0.15) is 29.1 Å². The van der Waals surface area contributed by atoms with Crippen LogP contribution in [0.15, 0.2) is 90.0 Å². The number of benzene rings is 3. The van der Waals surface area contributed by atoms with Crippen molar-refractivity contribution in [3.05, 3.63) is 96.6 Å². The summed E-state index contributed by atoms with van der Waals surface area (Å²) in [6.45, 7) is 1.72. The maximum atomic E-state index is 14.6. The molecule has 0 amide bonds. The normalized spacial score (nSPS) is 12.3. The second-order valence-electron chi connectivity index (χ2n) is 7.06. The van der Waals surface area contributed by atoms with E-state index in [1.54, 1.807) is 37.3 Å². The Morgan fingerprint density at radius 1 is 0.938 bits per heavy atom. The maximum absolute atomic E-state index is 14.6. The van der Waals surface area contributed by atoms with Gasteiger partial charge in [0.25, 0.3) is 10.0 Å². The summed E-state index contributed by atoms with van der Waals surface area (Å²) in [5.74, 6) is 0.466. The van der Waals surface area contributed by atoms with E-state index in [9.17, 15) is 12.8 Å². The SMILES string of the molecule is COc1ccc(S(=O)(=O)n2ccc([C@H](C)Oc3ccc(-c4ccccc4)c(F)c3)n2)cc1. The molecule has 0 N–H and O–H groups in total. The molecule has 6 nitrogen and oxygen atoms in total. The summed E-state index contributed by atoms with van der Waals surface area (Å²) in [4.78, 5) is 0.0834. The van der Waals surface area contributed by atoms with Crippen LogP contribution in [0.5, 0.6) is 11.5 Å². The summed E-state index contributed by atoms with van der Waals surface area (Å²) < 4.78 is 52.0. The highest BCUT2D eigenvalue weighted by atomic mass is 32.2. The van der Waals surface area contributed by atoms with Crippen LogP contribution in [-0.2, 0) is 10.0 Å². The summed E-state index contributed by atoms with van der Waals surface area (Å²) in [5, 5.41) is 4.16. The van der Waals surface area contributed by atoms with Crippen LogP contribution in [0, 0.1) is 5.82 Å². The molecular formula is C24H21FN2O4S. The summed E-state index contributed by atoms with van der Waals surface area (Å²) in [6, 6.07) is 21.4. The summed E-state index contributed by atoms with van der Waals surface area (Å²) in [5.41, 5.74) is 1.64. The van der Waals surface area contributed by atoms with E-state index >= 15 is 0 Å². The van der Waals surface area contributed by atoms with Gasteiger partial charge in [0.15, 0.2) is 0 Å². The number of nitrogens with zero attached hydrogens (tertiary/aromatic N) is 2. The lowest BCUT2D eigenvalue weighted by molar-refractivity contribution is 0.220. The zero-order chi connectivity index (χ0) is 22.7. The number of aromatic nitrogens is 2. The average Bonchev–Trinajstić information content (AvgIpc) is 3.31. The third-order valence-corrected chi connectivity index (χ3v) is 6.51. The topological polar surface area (TPSA) is 70.4 Å². The lowest BCUT2D eigenvalue weighted by atomic mass is 10.1. The molecule has 4 aromatic rings. The van der Waals surface area contributed by atoms with Crippen LogP contribution in [0.3, 0.4) is 0 Å². The minimum atomic E-state index is -3.86. The fraction of sp³-hybridized carbons (Fsp3) is 0.125. The molecule has 1 aromatic heterocycles. The molecule has 0 saturated carbocycles. The Kier molecular flexibility index (Phi) is 5.96. The molecular weight excluding hydrogens is 431 g/mol. The van der Waals surface area contributed by atoms with E-state index in [0.29, 0.717) is 22.8 Å². The highest BCUT2D eigenvalue weighted by Gasteiger charge is 2.20. The van der Waals surface area contributed by atoms with Crippen LogP contribution in [0.4, 0.5) is 4.39 Å². The molecule has 0 fully saturated rings. The zero-order valence-electron chi connectivity index (χ0n) is 17.5. The minimum absolute atomic E-state index is 0.0834. The first-order valence-corrected chi connectivity index (χ1v) is 11.3. The van der Waals surface area contributed by atoms with Crippen LogP contribution < -0.4 is 9.47 Å². The van der Waals surface area contributed by atoms with Crippen molar-refractivity contribution in [1.82, 2.24) is 9.19 Å². The molecule has 0 aliphatic rings. The molecule has 0 radical (unpaired) electrons. The fourth-order valence-corrected chi connectivity index (χ4v) is 4.33. The molecule has 0 spiro atoms. The number of hydrogen-bond donors (Lipinski definition) is 0. The van der Waals surface area contributed by atoms with Gasteiger partial charge < -0.3 is 9.47 Å². The third-order valence-electron chi connectivity index (χ3n) is 4.95. The van der Waals surface area contributed by atoms with Crippen molar-refractivity contribution in [2.24, 2.45) is 0 Å². The van der Waals surface area contributed by atoms with E-state index in [1.807, 2.05) is 30.3 Å². The molecule has 0 bridgehead atoms. The summed E-state index contributed by atoms with van der Waals surface area (Å²) >= 11 is 0. The van der Waals surface area contributed by atoms with Crippen molar-refractivity contribution in [2.45, 2.75) is 17.9 Å². The first-order chi connectivity index (χ1) is 15.4. The van der Waals surface area contributed by atoms with E-state index in [4.69, 9.17) is 9.47 Å². The molecule has 0 aliphatic carbocycles. The maximum Gasteiger partial charge on any atom is 0.282 e. The van der Waals surface area contributed by atoms with E-state index < -0.39 is 21.9 Å². The Morgan fingerprint density at radius 3 is 2.28 bits per heavy atom. The smallest absolute Gasteiger partial charge is 0.282 e. The van der Waals surface area contributed by atoms with Crippen molar-refractivity contribution in [1.29, 1.82) is 0 Å². The van der Waals surface area contributed by atoms with Crippen LogP contribution in [0.25, 0.3) is 11.1 Å². The number of hydrogen-bond acceptors (Lipinski definition) is 5. The Hall–Kier alpha value is -3.65. The Balaban J connectivity index is 1.51. The standard InChI is InChI=1S/C24H21FN2O4S/c1-17(31-20-10-13-22(23(25)16-20)18-6-4-3-5-7-18)24-14-15-27(26-24)32(28,29)21-11-8-19(30-2)9-12-21/h3-17H,1-2H3/t17-/m0/s1. The van der Waals surface area contributed by atoms with Gasteiger partial charge in [0.2, 0.25) is 0 Å². The van der Waals surface area contributed by atoms with Gasteiger partial charge in [-0.3, -0.25) is 0 Å². The van der Waals surface area contributed by atoms with E-state index in [-0.39, 0.29) is 4.90 Å². The highest BCUT2D eigenvalue weighted by molar-refractivity contribution is 7.89. The number of ether oxygens (including phenoxy) is 2. The Morgan fingerprint density at radius 2 is 1.62 bits per heavy atom. The molecule has 32 heavy (non-hydrogen) atoms. The molecule has 0 aliphatic heterocycles. The van der Waals surface area contributed by atoms with Gasteiger partial charge in [0, 0.05) is 17.8 Å². The van der Waals surface area contributed by atoms with E-state index in [0.717, 1.165) is 9.65 Å². The van der Waals surface area contributed by atoms with Crippen LogP contribution in [-0.4, -0.2) is 24.7 Å². The first-order valence-electron chi connectivity index (χ1n) is 9.85. The molecule has 164 valence electrons. The lowest BCUT2D eigenvalue weighted by Crippen LogP contribution is -2.15.